The second-order valence-corrected chi connectivity index (χ2v) is 6.43. The van der Waals surface area contributed by atoms with Gasteiger partial charge < -0.3 is 9.64 Å². The number of nitro groups is 1. The van der Waals surface area contributed by atoms with E-state index in [0.717, 1.165) is 30.2 Å². The van der Waals surface area contributed by atoms with Crippen LogP contribution in [-0.4, -0.2) is 40.0 Å². The lowest BCUT2D eigenvalue weighted by molar-refractivity contribution is -0.384. The third-order valence-electron chi connectivity index (χ3n) is 4.18. The van der Waals surface area contributed by atoms with Crippen molar-refractivity contribution in [1.82, 2.24) is 9.78 Å². The van der Waals surface area contributed by atoms with Crippen LogP contribution in [0.4, 0.5) is 11.4 Å². The topological polar surface area (TPSA) is 73.4 Å². The molecule has 7 heteroatoms. The van der Waals surface area contributed by atoms with Crippen LogP contribution in [0.1, 0.15) is 25.2 Å². The van der Waals surface area contributed by atoms with Crippen molar-refractivity contribution >= 4 is 11.4 Å². The van der Waals surface area contributed by atoms with Crippen molar-refractivity contribution in [3.8, 4) is 5.69 Å². The van der Waals surface area contributed by atoms with Crippen LogP contribution in [0.25, 0.3) is 5.69 Å². The summed E-state index contributed by atoms with van der Waals surface area (Å²) in [7, 11) is 0. The monoisotopic (exact) mass is 330 g/mol. The van der Waals surface area contributed by atoms with Crippen LogP contribution in [0.5, 0.6) is 0 Å². The van der Waals surface area contributed by atoms with Gasteiger partial charge in [-0.25, -0.2) is 4.68 Å². The number of aromatic nitrogens is 2. The average Bonchev–Trinajstić information content (AvgIpc) is 2.84. The number of benzene rings is 1. The van der Waals surface area contributed by atoms with E-state index in [2.05, 4.69) is 10.00 Å². The summed E-state index contributed by atoms with van der Waals surface area (Å²) in [5.41, 5.74) is 3.21. The van der Waals surface area contributed by atoms with E-state index in [-0.39, 0.29) is 22.8 Å². The van der Waals surface area contributed by atoms with Crippen LogP contribution in [0.3, 0.4) is 0 Å². The summed E-state index contributed by atoms with van der Waals surface area (Å²) in [4.78, 5) is 13.3. The first-order valence-corrected chi connectivity index (χ1v) is 8.07. The molecule has 24 heavy (non-hydrogen) atoms. The summed E-state index contributed by atoms with van der Waals surface area (Å²) in [6.45, 7) is 9.38. The van der Waals surface area contributed by atoms with Gasteiger partial charge in [0.25, 0.3) is 5.69 Å². The zero-order chi connectivity index (χ0) is 17.4. The number of aryl methyl sites for hydroxylation is 2. The highest BCUT2D eigenvalue weighted by Crippen LogP contribution is 2.30. The lowest BCUT2D eigenvalue weighted by atomic mass is 10.1. The molecule has 3 rings (SSSR count). The minimum Gasteiger partial charge on any atom is -0.372 e. The number of ether oxygens (including phenoxy) is 1. The number of nitro benzene ring substituents is 1. The summed E-state index contributed by atoms with van der Waals surface area (Å²) in [5.74, 6) is 0. The van der Waals surface area contributed by atoms with Gasteiger partial charge in [-0.2, -0.15) is 5.10 Å². The van der Waals surface area contributed by atoms with Crippen molar-refractivity contribution in [2.75, 3.05) is 18.0 Å². The lowest BCUT2D eigenvalue weighted by Gasteiger charge is -2.37. The Balaban J connectivity index is 2.06. The second-order valence-electron chi connectivity index (χ2n) is 6.43. The summed E-state index contributed by atoms with van der Waals surface area (Å²) >= 11 is 0. The molecule has 0 amide bonds. The molecule has 0 radical (unpaired) electrons. The predicted octanol–water partition coefficient (Wildman–Crippen LogP) is 3.01. The summed E-state index contributed by atoms with van der Waals surface area (Å²) in [6, 6.07) is 7.13. The standard InChI is InChI=1S/C17H22N4O3/c1-11-7-12(2)20(18-11)17-8-15(5-6-16(17)21(22)23)19-9-13(3)24-14(4)10-19/h5-8,13-14H,9-10H2,1-4H3/t13-,14-/m1/s1. The maximum absolute atomic E-state index is 11.4. The zero-order valence-corrected chi connectivity index (χ0v) is 14.4. The van der Waals surface area contributed by atoms with E-state index in [0.29, 0.717) is 5.69 Å². The van der Waals surface area contributed by atoms with Crippen molar-refractivity contribution in [3.05, 3.63) is 45.8 Å². The first-order chi connectivity index (χ1) is 11.3. The molecule has 2 aromatic rings. The van der Waals surface area contributed by atoms with Crippen molar-refractivity contribution in [1.29, 1.82) is 0 Å². The Morgan fingerprint density at radius 3 is 2.42 bits per heavy atom. The smallest absolute Gasteiger partial charge is 0.295 e. The van der Waals surface area contributed by atoms with Gasteiger partial charge in [-0.1, -0.05) is 0 Å². The van der Waals surface area contributed by atoms with Gasteiger partial charge in [-0.15, -0.1) is 0 Å². The molecule has 1 aromatic heterocycles. The molecule has 0 spiro atoms. The highest BCUT2D eigenvalue weighted by molar-refractivity contribution is 5.63. The molecule has 0 aliphatic carbocycles. The third-order valence-corrected chi connectivity index (χ3v) is 4.18. The highest BCUT2D eigenvalue weighted by atomic mass is 16.6. The van der Waals surface area contributed by atoms with E-state index < -0.39 is 0 Å². The number of rotatable bonds is 3. The Morgan fingerprint density at radius 2 is 1.88 bits per heavy atom. The van der Waals surface area contributed by atoms with Crippen molar-refractivity contribution in [2.45, 2.75) is 39.9 Å². The number of hydrogen-bond donors (Lipinski definition) is 0. The summed E-state index contributed by atoms with van der Waals surface area (Å²) in [5, 5.41) is 15.8. The van der Waals surface area contributed by atoms with Crippen LogP contribution < -0.4 is 4.90 Å². The first kappa shape index (κ1) is 16.4. The Labute approximate surface area is 141 Å². The van der Waals surface area contributed by atoms with Crippen LogP contribution in [0, 0.1) is 24.0 Å². The molecular weight excluding hydrogens is 308 g/mol. The Hall–Kier alpha value is -2.41. The van der Waals surface area contributed by atoms with Crippen LogP contribution in [-0.2, 0) is 4.74 Å². The van der Waals surface area contributed by atoms with E-state index in [1.165, 1.54) is 0 Å². The van der Waals surface area contributed by atoms with Crippen LogP contribution >= 0.6 is 0 Å². The molecule has 0 saturated carbocycles. The van der Waals surface area contributed by atoms with Crippen molar-refractivity contribution in [3.63, 3.8) is 0 Å². The molecule has 2 heterocycles. The quantitative estimate of drug-likeness (QED) is 0.639. The normalized spacial score (nSPS) is 21.1. The lowest BCUT2D eigenvalue weighted by Crippen LogP contribution is -2.45. The Morgan fingerprint density at radius 1 is 1.21 bits per heavy atom. The van der Waals surface area contributed by atoms with Gasteiger partial charge >= 0.3 is 0 Å². The molecule has 1 saturated heterocycles. The second kappa shape index (κ2) is 6.24. The maximum atomic E-state index is 11.4. The molecule has 2 atom stereocenters. The molecule has 128 valence electrons. The summed E-state index contributed by atoms with van der Waals surface area (Å²) in [6.07, 6.45) is 0.252. The first-order valence-electron chi connectivity index (χ1n) is 8.07. The van der Waals surface area contributed by atoms with Gasteiger partial charge in [-0.3, -0.25) is 10.1 Å². The Kier molecular flexibility index (Phi) is 4.28. The highest BCUT2D eigenvalue weighted by Gasteiger charge is 2.25. The molecule has 0 N–H and O–H groups in total. The van der Waals surface area contributed by atoms with Gasteiger partial charge in [0.05, 0.1) is 22.8 Å². The Bertz CT molecular complexity index is 761. The van der Waals surface area contributed by atoms with E-state index in [9.17, 15) is 10.1 Å². The van der Waals surface area contributed by atoms with Gasteiger partial charge in [0.2, 0.25) is 0 Å². The van der Waals surface area contributed by atoms with Crippen molar-refractivity contribution in [2.24, 2.45) is 0 Å². The summed E-state index contributed by atoms with van der Waals surface area (Å²) < 4.78 is 7.41. The molecular formula is C17H22N4O3. The molecule has 1 aliphatic heterocycles. The largest absolute Gasteiger partial charge is 0.372 e. The molecule has 1 fully saturated rings. The van der Waals surface area contributed by atoms with E-state index in [1.807, 2.05) is 39.8 Å². The molecule has 7 nitrogen and oxygen atoms in total. The number of morpholine rings is 1. The molecule has 1 aromatic carbocycles. The number of anilines is 1. The van der Waals surface area contributed by atoms with Crippen LogP contribution in [0.15, 0.2) is 24.3 Å². The predicted molar refractivity (Wildman–Crippen MR) is 91.9 cm³/mol. The zero-order valence-electron chi connectivity index (χ0n) is 14.4. The molecule has 1 aliphatic rings. The molecule has 0 unspecified atom stereocenters. The van der Waals surface area contributed by atoms with E-state index in [1.54, 1.807) is 16.8 Å². The van der Waals surface area contributed by atoms with Gasteiger partial charge in [-0.05, 0) is 45.9 Å². The number of hydrogen-bond acceptors (Lipinski definition) is 5. The maximum Gasteiger partial charge on any atom is 0.295 e. The fraction of sp³-hybridized carbons (Fsp3) is 0.471. The van der Waals surface area contributed by atoms with Gasteiger partial charge in [0.15, 0.2) is 0 Å². The minimum absolute atomic E-state index is 0.0549. The van der Waals surface area contributed by atoms with Crippen molar-refractivity contribution < 1.29 is 9.66 Å². The number of nitrogens with zero attached hydrogens (tertiary/aromatic N) is 4. The van der Waals surface area contributed by atoms with Gasteiger partial charge in [0, 0.05) is 30.5 Å². The fourth-order valence-corrected chi connectivity index (χ4v) is 3.29. The van der Waals surface area contributed by atoms with Crippen LogP contribution in [0.2, 0.25) is 0 Å². The van der Waals surface area contributed by atoms with E-state index >= 15 is 0 Å². The average molecular weight is 330 g/mol. The van der Waals surface area contributed by atoms with E-state index in [4.69, 9.17) is 4.74 Å². The fourth-order valence-electron chi connectivity index (χ4n) is 3.29. The molecule has 0 bridgehead atoms. The third kappa shape index (κ3) is 3.12. The van der Waals surface area contributed by atoms with Gasteiger partial charge in [0.1, 0.15) is 5.69 Å². The SMILES string of the molecule is Cc1cc(C)n(-c2cc(N3C[C@@H](C)O[C@H](C)C3)ccc2[N+](=O)[O-])n1. The minimum atomic E-state index is -0.361.